The minimum Gasteiger partial charge on any atom is -0.459 e. The predicted octanol–water partition coefficient (Wildman–Crippen LogP) is 5.20. The number of cyclic esters (lactones) is 1. The fourth-order valence-corrected chi connectivity index (χ4v) is 4.17. The van der Waals surface area contributed by atoms with Crippen LogP contribution in [0.3, 0.4) is 0 Å². The van der Waals surface area contributed by atoms with Gasteiger partial charge in [0.25, 0.3) is 0 Å². The maximum Gasteiger partial charge on any atom is 0.330 e. The summed E-state index contributed by atoms with van der Waals surface area (Å²) >= 11 is 0. The van der Waals surface area contributed by atoms with E-state index in [9.17, 15) is 20.1 Å². The smallest absolute Gasteiger partial charge is 0.330 e. The number of esters is 1. The normalized spacial score (nSPS) is 19.5. The van der Waals surface area contributed by atoms with Gasteiger partial charge in [-0.3, -0.25) is 0 Å². The van der Waals surface area contributed by atoms with Crippen LogP contribution in [0, 0.1) is 0 Å². The molecule has 0 radical (unpaired) electrons. The van der Waals surface area contributed by atoms with Gasteiger partial charge in [-0.15, -0.1) is 0 Å². The molecule has 0 spiro atoms. The molecule has 0 saturated heterocycles. The molecule has 176 valence electrons. The van der Waals surface area contributed by atoms with Gasteiger partial charge in [-0.05, 0) is 19.3 Å². The highest BCUT2D eigenvalue weighted by molar-refractivity contribution is 5.82. The van der Waals surface area contributed by atoms with Crippen molar-refractivity contribution in [1.29, 1.82) is 0 Å². The highest BCUT2D eigenvalue weighted by Crippen LogP contribution is 2.18. The molecule has 0 bridgehead atoms. The molecule has 4 atom stereocenters. The van der Waals surface area contributed by atoms with Crippen molar-refractivity contribution >= 4 is 5.97 Å². The standard InChI is InChI=1S/C25H46O5/c1-2-3-4-5-6-7-8-9-10-11-12-13-15-21(26)18-22(27)19-23(28)20-24-16-14-17-25(29)30-24/h14,17,21-24,26-28H,2-13,15-16,18-20H2,1H3/t21-,22-,23-,24+/m0/s1. The van der Waals surface area contributed by atoms with Gasteiger partial charge in [0, 0.05) is 18.9 Å². The molecule has 0 amide bonds. The van der Waals surface area contributed by atoms with Gasteiger partial charge in [-0.2, -0.15) is 0 Å². The van der Waals surface area contributed by atoms with Crippen molar-refractivity contribution < 1.29 is 24.9 Å². The molecule has 1 aliphatic heterocycles. The molecule has 5 nitrogen and oxygen atoms in total. The molecule has 0 saturated carbocycles. The lowest BCUT2D eigenvalue weighted by atomic mass is 9.97. The molecule has 1 heterocycles. The Morgan fingerprint density at radius 1 is 0.833 bits per heavy atom. The van der Waals surface area contributed by atoms with Gasteiger partial charge < -0.3 is 20.1 Å². The zero-order valence-electron chi connectivity index (χ0n) is 19.1. The molecule has 0 aromatic heterocycles. The minimum atomic E-state index is -0.734. The first-order valence-electron chi connectivity index (χ1n) is 12.4. The largest absolute Gasteiger partial charge is 0.459 e. The molecule has 30 heavy (non-hydrogen) atoms. The summed E-state index contributed by atoms with van der Waals surface area (Å²) in [7, 11) is 0. The average Bonchev–Trinajstić information content (AvgIpc) is 2.68. The van der Waals surface area contributed by atoms with Crippen LogP contribution < -0.4 is 0 Å². The van der Waals surface area contributed by atoms with Crippen LogP contribution in [0.4, 0.5) is 0 Å². The fraction of sp³-hybridized carbons (Fsp3) is 0.880. The first-order valence-corrected chi connectivity index (χ1v) is 12.4. The Kier molecular flexibility index (Phi) is 16.0. The van der Waals surface area contributed by atoms with Crippen LogP contribution in [-0.2, 0) is 9.53 Å². The van der Waals surface area contributed by atoms with Crippen molar-refractivity contribution in [2.45, 2.75) is 140 Å². The first kappa shape index (κ1) is 27.1. The highest BCUT2D eigenvalue weighted by Gasteiger charge is 2.22. The number of ether oxygens (including phenoxy) is 1. The van der Waals surface area contributed by atoms with E-state index < -0.39 is 18.3 Å². The van der Waals surface area contributed by atoms with Gasteiger partial charge in [0.2, 0.25) is 0 Å². The number of hydrogen-bond acceptors (Lipinski definition) is 5. The molecule has 1 rings (SSSR count). The molecular formula is C25H46O5. The number of unbranched alkanes of at least 4 members (excludes halogenated alkanes) is 11. The average molecular weight is 427 g/mol. The van der Waals surface area contributed by atoms with Crippen molar-refractivity contribution in [1.82, 2.24) is 0 Å². The number of rotatable bonds is 19. The lowest BCUT2D eigenvalue weighted by Crippen LogP contribution is -2.28. The SMILES string of the molecule is CCCCCCCCCCCCCC[C@H](O)C[C@H](O)C[C@H](O)C[C@H]1CC=CC(=O)O1. The molecule has 5 heteroatoms. The van der Waals surface area contributed by atoms with Gasteiger partial charge >= 0.3 is 5.97 Å². The van der Waals surface area contributed by atoms with E-state index in [4.69, 9.17) is 4.74 Å². The maximum atomic E-state index is 11.2. The first-order chi connectivity index (χ1) is 14.5. The van der Waals surface area contributed by atoms with Crippen LogP contribution in [0.5, 0.6) is 0 Å². The molecule has 0 unspecified atom stereocenters. The predicted molar refractivity (Wildman–Crippen MR) is 121 cm³/mol. The monoisotopic (exact) mass is 426 g/mol. The Bertz CT molecular complexity index is 451. The number of aliphatic hydroxyl groups is 3. The van der Waals surface area contributed by atoms with E-state index in [1.54, 1.807) is 6.08 Å². The summed E-state index contributed by atoms with van der Waals surface area (Å²) in [6, 6.07) is 0. The second kappa shape index (κ2) is 17.7. The quantitative estimate of drug-likeness (QED) is 0.195. The van der Waals surface area contributed by atoms with Gasteiger partial charge in [0.05, 0.1) is 18.3 Å². The van der Waals surface area contributed by atoms with Crippen molar-refractivity contribution in [3.05, 3.63) is 12.2 Å². The Morgan fingerprint density at radius 2 is 1.37 bits per heavy atom. The van der Waals surface area contributed by atoms with Crippen molar-refractivity contribution in [3.63, 3.8) is 0 Å². The summed E-state index contributed by atoms with van der Waals surface area (Å²) in [6.45, 7) is 2.25. The van der Waals surface area contributed by atoms with Crippen LogP contribution in [0.2, 0.25) is 0 Å². The third kappa shape index (κ3) is 15.0. The minimum absolute atomic E-state index is 0.202. The molecular weight excluding hydrogens is 380 g/mol. The van der Waals surface area contributed by atoms with Gasteiger partial charge in [0.15, 0.2) is 0 Å². The Balaban J connectivity index is 1.93. The van der Waals surface area contributed by atoms with E-state index in [1.807, 2.05) is 0 Å². The lowest BCUT2D eigenvalue weighted by Gasteiger charge is -2.23. The van der Waals surface area contributed by atoms with E-state index in [0.29, 0.717) is 25.7 Å². The van der Waals surface area contributed by atoms with Crippen LogP contribution in [-0.4, -0.2) is 45.7 Å². The third-order valence-corrected chi connectivity index (χ3v) is 5.95. The van der Waals surface area contributed by atoms with E-state index in [2.05, 4.69) is 6.92 Å². The zero-order valence-corrected chi connectivity index (χ0v) is 19.1. The van der Waals surface area contributed by atoms with E-state index in [-0.39, 0.29) is 18.5 Å². The topological polar surface area (TPSA) is 87.0 Å². The van der Waals surface area contributed by atoms with Crippen LogP contribution in [0.25, 0.3) is 0 Å². The number of carbonyl (C=O) groups excluding carboxylic acids is 1. The second-order valence-corrected chi connectivity index (χ2v) is 9.04. The van der Waals surface area contributed by atoms with Crippen molar-refractivity contribution in [3.8, 4) is 0 Å². The summed E-state index contributed by atoms with van der Waals surface area (Å²) in [5.41, 5.74) is 0. The zero-order chi connectivity index (χ0) is 22.0. The summed E-state index contributed by atoms with van der Waals surface area (Å²) in [4.78, 5) is 11.2. The van der Waals surface area contributed by atoms with Gasteiger partial charge in [-0.25, -0.2) is 4.79 Å². The number of hydrogen-bond donors (Lipinski definition) is 3. The van der Waals surface area contributed by atoms with Gasteiger partial charge in [-0.1, -0.05) is 90.0 Å². The van der Waals surface area contributed by atoms with Gasteiger partial charge in [0.1, 0.15) is 6.10 Å². The Labute approximate surface area is 183 Å². The summed E-state index contributed by atoms with van der Waals surface area (Å²) in [6.07, 6.45) is 18.4. The molecule has 0 aromatic carbocycles. The molecule has 3 N–H and O–H groups in total. The highest BCUT2D eigenvalue weighted by atomic mass is 16.5. The van der Waals surface area contributed by atoms with E-state index in [1.165, 1.54) is 70.3 Å². The van der Waals surface area contributed by atoms with Crippen LogP contribution in [0.15, 0.2) is 12.2 Å². The number of carbonyl (C=O) groups is 1. The summed E-state index contributed by atoms with van der Waals surface area (Å²) in [5, 5.41) is 30.4. The maximum absolute atomic E-state index is 11.2. The third-order valence-electron chi connectivity index (χ3n) is 5.95. The molecule has 0 fully saturated rings. The lowest BCUT2D eigenvalue weighted by molar-refractivity contribution is -0.145. The summed E-state index contributed by atoms with van der Waals surface area (Å²) in [5.74, 6) is -0.378. The molecule has 1 aliphatic rings. The van der Waals surface area contributed by atoms with Crippen LogP contribution in [0.1, 0.15) is 116 Å². The van der Waals surface area contributed by atoms with Crippen molar-refractivity contribution in [2.75, 3.05) is 0 Å². The fourth-order valence-electron chi connectivity index (χ4n) is 4.17. The number of aliphatic hydroxyl groups excluding tert-OH is 3. The van der Waals surface area contributed by atoms with E-state index >= 15 is 0 Å². The second-order valence-electron chi connectivity index (χ2n) is 9.04. The van der Waals surface area contributed by atoms with Crippen LogP contribution >= 0.6 is 0 Å². The molecule has 0 aliphatic carbocycles. The Hall–Kier alpha value is -0.910. The Morgan fingerprint density at radius 3 is 1.93 bits per heavy atom. The summed E-state index contributed by atoms with van der Waals surface area (Å²) < 4.78 is 5.13. The van der Waals surface area contributed by atoms with Crippen molar-refractivity contribution in [2.24, 2.45) is 0 Å². The molecule has 0 aromatic rings. The van der Waals surface area contributed by atoms with E-state index in [0.717, 1.165) is 12.8 Å².